The van der Waals surface area contributed by atoms with Gasteiger partial charge in [0, 0.05) is 24.5 Å². The zero-order chi connectivity index (χ0) is 11.9. The second-order valence-corrected chi connectivity index (χ2v) is 5.71. The van der Waals surface area contributed by atoms with E-state index in [0.717, 1.165) is 18.8 Å². The van der Waals surface area contributed by atoms with E-state index in [-0.39, 0.29) is 5.82 Å². The van der Waals surface area contributed by atoms with E-state index in [9.17, 15) is 4.39 Å². The van der Waals surface area contributed by atoms with Crippen molar-refractivity contribution in [3.8, 4) is 0 Å². The summed E-state index contributed by atoms with van der Waals surface area (Å²) < 4.78 is 13.2. The number of nitrogens with two attached hydrogens (primary N) is 1. The third kappa shape index (κ3) is 2.13. The highest BCUT2D eigenvalue weighted by Crippen LogP contribution is 2.36. The molecule has 0 atom stereocenters. The van der Waals surface area contributed by atoms with Crippen LogP contribution in [-0.2, 0) is 0 Å². The predicted molar refractivity (Wildman–Crippen MR) is 66.0 cm³/mol. The normalized spacial score (nSPS) is 17.4. The summed E-state index contributed by atoms with van der Waals surface area (Å²) in [7, 11) is 0. The molecule has 1 aromatic carbocycles. The van der Waals surface area contributed by atoms with Crippen molar-refractivity contribution in [3.05, 3.63) is 24.0 Å². The van der Waals surface area contributed by atoms with Gasteiger partial charge in [-0.3, -0.25) is 0 Å². The quantitative estimate of drug-likeness (QED) is 0.740. The van der Waals surface area contributed by atoms with Gasteiger partial charge in [-0.05, 0) is 29.5 Å². The van der Waals surface area contributed by atoms with Crippen LogP contribution in [0, 0.1) is 17.2 Å². The van der Waals surface area contributed by atoms with Crippen LogP contribution in [0.25, 0.3) is 0 Å². The Bertz CT molecular complexity index is 369. The van der Waals surface area contributed by atoms with E-state index < -0.39 is 0 Å². The summed E-state index contributed by atoms with van der Waals surface area (Å²) >= 11 is 0. The number of rotatable bonds is 1. The zero-order valence-corrected chi connectivity index (χ0v) is 10.1. The van der Waals surface area contributed by atoms with Crippen molar-refractivity contribution in [2.45, 2.75) is 20.8 Å². The van der Waals surface area contributed by atoms with Crippen molar-refractivity contribution >= 4 is 11.4 Å². The number of nitrogens with zero attached hydrogens (tertiary/aromatic N) is 1. The minimum Gasteiger partial charge on any atom is -0.399 e. The lowest BCUT2D eigenvalue weighted by Gasteiger charge is -2.47. The molecule has 1 aliphatic heterocycles. The van der Waals surface area contributed by atoms with Gasteiger partial charge >= 0.3 is 0 Å². The molecule has 0 aromatic heterocycles. The fraction of sp³-hybridized carbons (Fsp3) is 0.538. The fourth-order valence-corrected chi connectivity index (χ4v) is 2.02. The second kappa shape index (κ2) is 3.65. The van der Waals surface area contributed by atoms with Crippen LogP contribution in [0.15, 0.2) is 18.2 Å². The SMILES string of the molecule is CC(C)(C)C1CN(c2cc(N)cc(F)c2)C1. The Labute approximate surface area is 96.2 Å². The van der Waals surface area contributed by atoms with E-state index in [4.69, 9.17) is 5.73 Å². The maximum atomic E-state index is 13.2. The molecular weight excluding hydrogens is 203 g/mol. The highest BCUT2D eigenvalue weighted by atomic mass is 19.1. The number of hydrogen-bond acceptors (Lipinski definition) is 2. The first-order chi connectivity index (χ1) is 7.36. The molecule has 1 heterocycles. The van der Waals surface area contributed by atoms with Crippen LogP contribution in [0.2, 0.25) is 0 Å². The second-order valence-electron chi connectivity index (χ2n) is 5.71. The van der Waals surface area contributed by atoms with E-state index in [1.807, 2.05) is 6.07 Å². The van der Waals surface area contributed by atoms with Crippen LogP contribution in [0.3, 0.4) is 0 Å². The van der Waals surface area contributed by atoms with E-state index in [1.54, 1.807) is 6.07 Å². The monoisotopic (exact) mass is 222 g/mol. The van der Waals surface area contributed by atoms with Crippen molar-refractivity contribution in [2.24, 2.45) is 11.3 Å². The van der Waals surface area contributed by atoms with Gasteiger partial charge in [-0.25, -0.2) is 4.39 Å². The first kappa shape index (κ1) is 11.2. The van der Waals surface area contributed by atoms with Crippen molar-refractivity contribution in [1.29, 1.82) is 0 Å². The van der Waals surface area contributed by atoms with Gasteiger partial charge in [0.1, 0.15) is 5.82 Å². The molecule has 2 rings (SSSR count). The average molecular weight is 222 g/mol. The van der Waals surface area contributed by atoms with Crippen LogP contribution in [0.5, 0.6) is 0 Å². The highest BCUT2D eigenvalue weighted by Gasteiger charge is 2.35. The zero-order valence-electron chi connectivity index (χ0n) is 10.1. The van der Waals surface area contributed by atoms with Crippen LogP contribution in [0.4, 0.5) is 15.8 Å². The molecule has 3 heteroatoms. The van der Waals surface area contributed by atoms with Crippen molar-refractivity contribution < 1.29 is 4.39 Å². The number of anilines is 2. The Morgan fingerprint density at radius 2 is 1.88 bits per heavy atom. The summed E-state index contributed by atoms with van der Waals surface area (Å²) in [6, 6.07) is 4.74. The minimum atomic E-state index is -0.255. The van der Waals surface area contributed by atoms with Crippen LogP contribution < -0.4 is 10.6 Å². The lowest BCUT2D eigenvalue weighted by atomic mass is 9.76. The van der Waals surface area contributed by atoms with Gasteiger partial charge in [-0.1, -0.05) is 20.8 Å². The largest absolute Gasteiger partial charge is 0.399 e. The molecule has 0 saturated carbocycles. The van der Waals surface area contributed by atoms with E-state index in [2.05, 4.69) is 25.7 Å². The third-order valence-corrected chi connectivity index (χ3v) is 3.38. The summed E-state index contributed by atoms with van der Waals surface area (Å²) in [6.07, 6.45) is 0. The molecule has 0 bridgehead atoms. The van der Waals surface area contributed by atoms with Crippen LogP contribution in [0.1, 0.15) is 20.8 Å². The summed E-state index contributed by atoms with van der Waals surface area (Å²) in [5.41, 5.74) is 7.35. The standard InChI is InChI=1S/C13H19FN2/c1-13(2,3)9-7-16(8-9)12-5-10(14)4-11(15)6-12/h4-6,9H,7-8,15H2,1-3H3. The molecule has 1 aromatic rings. The summed E-state index contributed by atoms with van der Waals surface area (Å²) in [6.45, 7) is 8.72. The summed E-state index contributed by atoms with van der Waals surface area (Å²) in [5, 5.41) is 0. The lowest BCUT2D eigenvalue weighted by molar-refractivity contribution is 0.195. The van der Waals surface area contributed by atoms with Crippen LogP contribution >= 0.6 is 0 Å². The number of halogens is 1. The Morgan fingerprint density at radius 3 is 2.38 bits per heavy atom. The van der Waals surface area contributed by atoms with Gasteiger partial charge in [-0.2, -0.15) is 0 Å². The van der Waals surface area contributed by atoms with Gasteiger partial charge in [-0.15, -0.1) is 0 Å². The number of nitrogen functional groups attached to an aromatic ring is 1. The topological polar surface area (TPSA) is 29.3 Å². The molecule has 0 unspecified atom stereocenters. The molecule has 0 spiro atoms. The van der Waals surface area contributed by atoms with Crippen molar-refractivity contribution in [2.75, 3.05) is 23.7 Å². The molecule has 1 fully saturated rings. The molecular formula is C13H19FN2. The minimum absolute atomic E-state index is 0.255. The molecule has 0 radical (unpaired) electrons. The molecule has 0 aliphatic carbocycles. The van der Waals surface area contributed by atoms with Gasteiger partial charge in [0.25, 0.3) is 0 Å². The molecule has 16 heavy (non-hydrogen) atoms. The molecule has 1 aliphatic rings. The first-order valence-corrected chi connectivity index (χ1v) is 5.67. The van der Waals surface area contributed by atoms with Gasteiger partial charge in [0.15, 0.2) is 0 Å². The Kier molecular flexibility index (Phi) is 2.56. The van der Waals surface area contributed by atoms with E-state index in [0.29, 0.717) is 17.0 Å². The number of benzene rings is 1. The Morgan fingerprint density at radius 1 is 1.25 bits per heavy atom. The third-order valence-electron chi connectivity index (χ3n) is 3.38. The lowest BCUT2D eigenvalue weighted by Crippen LogP contribution is -2.52. The van der Waals surface area contributed by atoms with Gasteiger partial charge in [0.2, 0.25) is 0 Å². The van der Waals surface area contributed by atoms with E-state index in [1.165, 1.54) is 6.07 Å². The number of hydrogen-bond donors (Lipinski definition) is 1. The average Bonchev–Trinajstić information content (AvgIpc) is 1.94. The summed E-state index contributed by atoms with van der Waals surface area (Å²) in [4.78, 5) is 2.18. The first-order valence-electron chi connectivity index (χ1n) is 5.67. The van der Waals surface area contributed by atoms with E-state index >= 15 is 0 Å². The maximum absolute atomic E-state index is 13.2. The molecule has 88 valence electrons. The summed E-state index contributed by atoms with van der Waals surface area (Å²) in [5.74, 6) is 0.422. The van der Waals surface area contributed by atoms with Crippen molar-refractivity contribution in [3.63, 3.8) is 0 Å². The molecule has 1 saturated heterocycles. The molecule has 2 N–H and O–H groups in total. The Balaban J connectivity index is 2.07. The maximum Gasteiger partial charge on any atom is 0.127 e. The molecule has 2 nitrogen and oxygen atoms in total. The molecule has 0 amide bonds. The fourth-order valence-electron chi connectivity index (χ4n) is 2.02. The van der Waals surface area contributed by atoms with Gasteiger partial charge < -0.3 is 10.6 Å². The predicted octanol–water partition coefficient (Wildman–Crippen LogP) is 2.89. The van der Waals surface area contributed by atoms with Gasteiger partial charge in [0.05, 0.1) is 0 Å². The van der Waals surface area contributed by atoms with Crippen LogP contribution in [-0.4, -0.2) is 13.1 Å². The van der Waals surface area contributed by atoms with Crippen molar-refractivity contribution in [1.82, 2.24) is 0 Å². The smallest absolute Gasteiger partial charge is 0.127 e. The highest BCUT2D eigenvalue weighted by molar-refractivity contribution is 5.57. The Hall–Kier alpha value is -1.25.